The topological polar surface area (TPSA) is 41.5 Å². The van der Waals surface area contributed by atoms with Crippen LogP contribution in [0.15, 0.2) is 24.3 Å². The molecule has 1 unspecified atom stereocenters. The monoisotopic (exact) mass is 245 g/mol. The van der Waals surface area contributed by atoms with E-state index in [0.29, 0.717) is 0 Å². The molecule has 0 saturated heterocycles. The summed E-state index contributed by atoms with van der Waals surface area (Å²) in [6.45, 7) is -0.0240. The number of rotatable bonds is 7. The first-order valence-electron chi connectivity index (χ1n) is 5.56. The van der Waals surface area contributed by atoms with Gasteiger partial charge in [0, 0.05) is 0 Å². The van der Waals surface area contributed by atoms with Gasteiger partial charge in [-0.05, 0) is 30.7 Å². The van der Waals surface area contributed by atoms with Crippen molar-refractivity contribution in [3.05, 3.63) is 29.8 Å². The molecule has 1 rings (SSSR count). The van der Waals surface area contributed by atoms with Gasteiger partial charge < -0.3 is 15.2 Å². The number of hydrogen-bond donors (Lipinski definition) is 2. The third-order valence-electron chi connectivity index (χ3n) is 2.33. The molecule has 1 aromatic carbocycles. The maximum atomic E-state index is 11.9. The fraction of sp³-hybridized carbons (Fsp3) is 0.500. The first kappa shape index (κ1) is 13.9. The van der Waals surface area contributed by atoms with Crippen LogP contribution in [0.4, 0.5) is 8.78 Å². The van der Waals surface area contributed by atoms with Gasteiger partial charge in [0.25, 0.3) is 0 Å². The van der Waals surface area contributed by atoms with Crippen LogP contribution in [-0.4, -0.2) is 24.9 Å². The highest BCUT2D eigenvalue weighted by atomic mass is 19.3. The van der Waals surface area contributed by atoms with E-state index >= 15 is 0 Å². The highest BCUT2D eigenvalue weighted by molar-refractivity contribution is 5.29. The lowest BCUT2D eigenvalue weighted by atomic mass is 10.1. The fourth-order valence-corrected chi connectivity index (χ4v) is 1.49. The molecular formula is C12H17F2NO2. The van der Waals surface area contributed by atoms with Crippen LogP contribution < -0.4 is 10.1 Å². The zero-order valence-electron chi connectivity index (χ0n) is 9.70. The minimum atomic E-state index is -2.81. The fourth-order valence-electron chi connectivity index (χ4n) is 1.49. The number of hydrogen-bond acceptors (Lipinski definition) is 3. The maximum absolute atomic E-state index is 11.9. The summed E-state index contributed by atoms with van der Waals surface area (Å²) >= 11 is 0. The molecule has 0 amide bonds. The highest BCUT2D eigenvalue weighted by Gasteiger charge is 2.10. The van der Waals surface area contributed by atoms with E-state index in [1.54, 1.807) is 12.1 Å². The predicted octanol–water partition coefficient (Wildman–Crippen LogP) is 2.32. The van der Waals surface area contributed by atoms with Crippen LogP contribution in [-0.2, 0) is 0 Å². The number of aliphatic hydroxyl groups is 1. The minimum Gasteiger partial charge on any atom is -0.435 e. The van der Waals surface area contributed by atoms with Crippen LogP contribution in [0.2, 0.25) is 0 Å². The van der Waals surface area contributed by atoms with E-state index in [1.807, 2.05) is 6.92 Å². The number of benzene rings is 1. The van der Waals surface area contributed by atoms with E-state index in [9.17, 15) is 13.9 Å². The molecule has 0 aliphatic carbocycles. The SMILES string of the molecule is CCCNC(CO)c1ccc(OC(F)F)cc1. The minimum absolute atomic E-state index is 0.0327. The smallest absolute Gasteiger partial charge is 0.387 e. The zero-order valence-corrected chi connectivity index (χ0v) is 9.70. The largest absolute Gasteiger partial charge is 0.435 e. The molecule has 1 aromatic rings. The molecular weight excluding hydrogens is 228 g/mol. The summed E-state index contributed by atoms with van der Waals surface area (Å²) in [4.78, 5) is 0. The third-order valence-corrected chi connectivity index (χ3v) is 2.33. The second-order valence-electron chi connectivity index (χ2n) is 3.64. The Morgan fingerprint density at radius 1 is 1.29 bits per heavy atom. The number of alkyl halides is 2. The van der Waals surface area contributed by atoms with Crippen molar-refractivity contribution < 1.29 is 18.6 Å². The van der Waals surface area contributed by atoms with Gasteiger partial charge in [-0.25, -0.2) is 0 Å². The molecule has 0 bridgehead atoms. The molecule has 0 radical (unpaired) electrons. The lowest BCUT2D eigenvalue weighted by Gasteiger charge is -2.16. The van der Waals surface area contributed by atoms with E-state index in [2.05, 4.69) is 10.1 Å². The zero-order chi connectivity index (χ0) is 12.7. The van der Waals surface area contributed by atoms with Crippen molar-refractivity contribution in [2.24, 2.45) is 0 Å². The van der Waals surface area contributed by atoms with Crippen LogP contribution in [0.3, 0.4) is 0 Å². The van der Waals surface area contributed by atoms with Gasteiger partial charge in [0.15, 0.2) is 0 Å². The first-order valence-corrected chi connectivity index (χ1v) is 5.56. The van der Waals surface area contributed by atoms with Gasteiger partial charge in [-0.15, -0.1) is 0 Å². The Kier molecular flexibility index (Phi) is 5.86. The number of ether oxygens (including phenoxy) is 1. The Labute approximate surface area is 99.4 Å². The van der Waals surface area contributed by atoms with E-state index in [4.69, 9.17) is 0 Å². The first-order chi connectivity index (χ1) is 8.17. The van der Waals surface area contributed by atoms with Crippen LogP contribution in [0.1, 0.15) is 24.9 Å². The summed E-state index contributed by atoms with van der Waals surface area (Å²) in [6, 6.07) is 6.11. The molecule has 1 atom stereocenters. The normalized spacial score (nSPS) is 12.8. The van der Waals surface area contributed by atoms with Gasteiger partial charge >= 0.3 is 6.61 Å². The molecule has 0 aliphatic rings. The summed E-state index contributed by atoms with van der Waals surface area (Å²) in [5.74, 6) is 0.121. The Morgan fingerprint density at radius 3 is 2.41 bits per heavy atom. The van der Waals surface area contributed by atoms with Gasteiger partial charge in [-0.3, -0.25) is 0 Å². The van der Waals surface area contributed by atoms with Gasteiger partial charge in [0.1, 0.15) is 5.75 Å². The van der Waals surface area contributed by atoms with E-state index < -0.39 is 6.61 Å². The molecule has 0 aliphatic heterocycles. The quantitative estimate of drug-likeness (QED) is 0.774. The molecule has 0 fully saturated rings. The lowest BCUT2D eigenvalue weighted by Crippen LogP contribution is -2.24. The molecule has 0 heterocycles. The Morgan fingerprint density at radius 2 is 1.94 bits per heavy atom. The molecule has 5 heteroatoms. The summed E-state index contributed by atoms with van der Waals surface area (Å²) < 4.78 is 28.1. The van der Waals surface area contributed by atoms with Crippen LogP contribution >= 0.6 is 0 Å². The maximum Gasteiger partial charge on any atom is 0.387 e. The molecule has 0 aromatic heterocycles. The number of aliphatic hydroxyl groups excluding tert-OH is 1. The molecule has 96 valence electrons. The summed E-state index contributed by atoms with van der Waals surface area (Å²) in [5, 5.41) is 12.4. The second kappa shape index (κ2) is 7.19. The van der Waals surface area contributed by atoms with Crippen molar-refractivity contribution in [3.8, 4) is 5.75 Å². The average Bonchev–Trinajstić information content (AvgIpc) is 2.31. The third kappa shape index (κ3) is 4.66. The van der Waals surface area contributed by atoms with E-state index in [0.717, 1.165) is 18.5 Å². The van der Waals surface area contributed by atoms with Gasteiger partial charge in [0.2, 0.25) is 0 Å². The van der Waals surface area contributed by atoms with Crippen molar-refractivity contribution in [2.75, 3.05) is 13.2 Å². The second-order valence-corrected chi connectivity index (χ2v) is 3.64. The van der Waals surface area contributed by atoms with E-state index in [1.165, 1.54) is 12.1 Å². The highest BCUT2D eigenvalue weighted by Crippen LogP contribution is 2.19. The molecule has 0 spiro atoms. The lowest BCUT2D eigenvalue weighted by molar-refractivity contribution is -0.0498. The van der Waals surface area contributed by atoms with Crippen molar-refractivity contribution in [3.63, 3.8) is 0 Å². The number of halogens is 2. The van der Waals surface area contributed by atoms with Crippen molar-refractivity contribution in [2.45, 2.75) is 26.0 Å². The predicted molar refractivity (Wildman–Crippen MR) is 61.2 cm³/mol. The van der Waals surface area contributed by atoms with Crippen LogP contribution in [0.5, 0.6) is 5.75 Å². The van der Waals surface area contributed by atoms with E-state index in [-0.39, 0.29) is 18.4 Å². The van der Waals surface area contributed by atoms with Gasteiger partial charge in [-0.1, -0.05) is 19.1 Å². The van der Waals surface area contributed by atoms with Crippen molar-refractivity contribution in [1.82, 2.24) is 5.32 Å². The van der Waals surface area contributed by atoms with Crippen LogP contribution in [0.25, 0.3) is 0 Å². The standard InChI is InChI=1S/C12H17F2NO2/c1-2-7-15-11(8-16)9-3-5-10(6-4-9)17-12(13)14/h3-6,11-12,15-16H,2,7-8H2,1H3. The summed E-state index contributed by atoms with van der Waals surface area (Å²) in [6.07, 6.45) is 0.961. The average molecular weight is 245 g/mol. The van der Waals surface area contributed by atoms with Crippen LogP contribution in [0, 0.1) is 0 Å². The van der Waals surface area contributed by atoms with Crippen molar-refractivity contribution >= 4 is 0 Å². The summed E-state index contributed by atoms with van der Waals surface area (Å²) in [5.41, 5.74) is 0.850. The Bertz CT molecular complexity index is 317. The Hall–Kier alpha value is -1.20. The Balaban J connectivity index is 2.64. The number of nitrogens with one attached hydrogen (secondary N) is 1. The molecule has 2 N–H and O–H groups in total. The molecule has 0 saturated carbocycles. The summed E-state index contributed by atoms with van der Waals surface area (Å²) in [7, 11) is 0. The van der Waals surface area contributed by atoms with Crippen molar-refractivity contribution in [1.29, 1.82) is 0 Å². The van der Waals surface area contributed by atoms with Gasteiger partial charge in [-0.2, -0.15) is 8.78 Å². The molecule has 17 heavy (non-hydrogen) atoms. The van der Waals surface area contributed by atoms with Gasteiger partial charge in [0.05, 0.1) is 12.6 Å². The molecule has 3 nitrogen and oxygen atoms in total.